The fraction of sp³-hybridized carbons (Fsp3) is 0.192. The average molecular weight is 429 g/mol. The van der Waals surface area contributed by atoms with Gasteiger partial charge in [0.2, 0.25) is 0 Å². The van der Waals surface area contributed by atoms with E-state index in [2.05, 4.69) is 9.97 Å². The molecule has 0 radical (unpaired) electrons. The number of methoxy groups -OCH3 is 1. The average Bonchev–Trinajstić information content (AvgIpc) is 2.82. The smallest absolute Gasteiger partial charge is 0.159 e. The van der Waals surface area contributed by atoms with Gasteiger partial charge in [-0.15, -0.1) is 0 Å². The second-order valence-electron chi connectivity index (χ2n) is 7.56. The van der Waals surface area contributed by atoms with Crippen molar-refractivity contribution in [1.82, 2.24) is 9.97 Å². The molecule has 6 heteroatoms. The lowest BCUT2D eigenvalue weighted by Crippen LogP contribution is -1.98. The molecule has 4 rings (SSSR count). The summed E-state index contributed by atoms with van der Waals surface area (Å²) in [7, 11) is 1.65. The fourth-order valence-corrected chi connectivity index (χ4v) is 3.61. The van der Waals surface area contributed by atoms with Gasteiger partial charge in [-0.05, 0) is 59.5 Å². The van der Waals surface area contributed by atoms with Crippen LogP contribution < -0.4 is 0 Å². The molecule has 0 aliphatic rings. The molecule has 0 aliphatic carbocycles. The molecule has 0 amide bonds. The number of nitrogens with zero attached hydrogens (tertiary/aromatic N) is 3. The normalized spacial score (nSPS) is 10.9. The Morgan fingerprint density at radius 2 is 1.72 bits per heavy atom. The molecule has 0 bridgehead atoms. The zero-order valence-corrected chi connectivity index (χ0v) is 17.6. The Labute approximate surface area is 185 Å². The number of aryl methyl sites for hydroxylation is 2. The lowest BCUT2D eigenvalue weighted by molar-refractivity contribution is 0.202. The number of ether oxygens (including phenoxy) is 1. The van der Waals surface area contributed by atoms with Crippen molar-refractivity contribution in [2.24, 2.45) is 0 Å². The highest BCUT2D eigenvalue weighted by molar-refractivity contribution is 5.87. The van der Waals surface area contributed by atoms with E-state index in [0.717, 1.165) is 28.5 Å². The molecule has 32 heavy (non-hydrogen) atoms. The fourth-order valence-electron chi connectivity index (χ4n) is 3.61. The maximum atomic E-state index is 15.1. The molecule has 0 N–H and O–H groups in total. The molecule has 1 heterocycles. The van der Waals surface area contributed by atoms with Crippen LogP contribution in [0.25, 0.3) is 22.2 Å². The molecule has 0 aliphatic heterocycles. The van der Waals surface area contributed by atoms with E-state index < -0.39 is 5.82 Å². The Balaban J connectivity index is 1.53. The first kappa shape index (κ1) is 21.5. The van der Waals surface area contributed by atoms with Crippen LogP contribution in [0.1, 0.15) is 22.3 Å². The molecule has 0 saturated carbocycles. The van der Waals surface area contributed by atoms with Gasteiger partial charge in [-0.25, -0.2) is 18.7 Å². The van der Waals surface area contributed by atoms with Gasteiger partial charge in [-0.3, -0.25) is 0 Å². The first-order chi connectivity index (χ1) is 15.6. The molecule has 4 nitrogen and oxygen atoms in total. The highest BCUT2D eigenvalue weighted by atomic mass is 19.1. The molecule has 0 spiro atoms. The monoisotopic (exact) mass is 429 g/mol. The van der Waals surface area contributed by atoms with Crippen molar-refractivity contribution in [2.45, 2.75) is 19.3 Å². The minimum absolute atomic E-state index is 0.00929. The van der Waals surface area contributed by atoms with E-state index in [0.29, 0.717) is 36.2 Å². The maximum absolute atomic E-state index is 15.1. The second-order valence-corrected chi connectivity index (χ2v) is 7.56. The number of hydrogen-bond acceptors (Lipinski definition) is 4. The Morgan fingerprint density at radius 3 is 2.44 bits per heavy atom. The molecule has 0 unspecified atom stereocenters. The third-order valence-electron chi connectivity index (χ3n) is 5.43. The third-order valence-corrected chi connectivity index (χ3v) is 5.43. The predicted molar refractivity (Wildman–Crippen MR) is 119 cm³/mol. The van der Waals surface area contributed by atoms with E-state index in [1.165, 1.54) is 12.1 Å². The van der Waals surface area contributed by atoms with E-state index in [-0.39, 0.29) is 11.4 Å². The standard InChI is InChI=1S/C26H21F2N3O/c1-32-11-10-18-15-30-26(31-16-18)21-8-9-23-20(13-21)7-6-19(25(23)28)4-2-17-3-5-22(14-29)24(27)12-17/h3,5-9,12-13,15-16H,2,4,10-11H2,1H3. The van der Waals surface area contributed by atoms with Crippen molar-refractivity contribution in [3.63, 3.8) is 0 Å². The second kappa shape index (κ2) is 9.63. The van der Waals surface area contributed by atoms with Gasteiger partial charge in [0, 0.05) is 30.5 Å². The minimum atomic E-state index is -0.550. The Morgan fingerprint density at radius 1 is 0.906 bits per heavy atom. The highest BCUT2D eigenvalue weighted by Gasteiger charge is 2.11. The number of hydrogen-bond donors (Lipinski definition) is 0. The number of fused-ring (bicyclic) bond motifs is 1. The van der Waals surface area contributed by atoms with Gasteiger partial charge in [-0.2, -0.15) is 5.26 Å². The quantitative estimate of drug-likeness (QED) is 0.394. The van der Waals surface area contributed by atoms with Gasteiger partial charge in [0.15, 0.2) is 5.82 Å². The lowest BCUT2D eigenvalue weighted by atomic mass is 9.98. The molecule has 4 aromatic rings. The van der Waals surface area contributed by atoms with Crippen LogP contribution in [-0.2, 0) is 24.0 Å². The van der Waals surface area contributed by atoms with Gasteiger partial charge in [0.25, 0.3) is 0 Å². The van der Waals surface area contributed by atoms with Gasteiger partial charge in [0.1, 0.15) is 17.7 Å². The van der Waals surface area contributed by atoms with Gasteiger partial charge < -0.3 is 4.74 Å². The number of halogens is 2. The van der Waals surface area contributed by atoms with E-state index in [4.69, 9.17) is 10.00 Å². The van der Waals surface area contributed by atoms with Crippen LogP contribution in [0.3, 0.4) is 0 Å². The summed E-state index contributed by atoms with van der Waals surface area (Å²) in [6.45, 7) is 0.612. The number of benzene rings is 3. The van der Waals surface area contributed by atoms with Gasteiger partial charge in [-0.1, -0.05) is 30.3 Å². The molecule has 3 aromatic carbocycles. The van der Waals surface area contributed by atoms with Crippen molar-refractivity contribution >= 4 is 10.8 Å². The maximum Gasteiger partial charge on any atom is 0.159 e. The molecular weight excluding hydrogens is 408 g/mol. The van der Waals surface area contributed by atoms with Crippen molar-refractivity contribution in [3.05, 3.63) is 94.8 Å². The molecule has 0 atom stereocenters. The van der Waals surface area contributed by atoms with Crippen LogP contribution in [0.2, 0.25) is 0 Å². The summed E-state index contributed by atoms with van der Waals surface area (Å²) in [4.78, 5) is 8.84. The molecular formula is C26H21F2N3O. The third kappa shape index (κ3) is 4.63. The summed E-state index contributed by atoms with van der Waals surface area (Å²) >= 11 is 0. The summed E-state index contributed by atoms with van der Waals surface area (Å²) in [5.41, 5.74) is 3.11. The van der Waals surface area contributed by atoms with Crippen molar-refractivity contribution < 1.29 is 13.5 Å². The van der Waals surface area contributed by atoms with Gasteiger partial charge >= 0.3 is 0 Å². The highest BCUT2D eigenvalue weighted by Crippen LogP contribution is 2.27. The summed E-state index contributed by atoms with van der Waals surface area (Å²) in [5, 5.41) is 10.1. The van der Waals surface area contributed by atoms with E-state index in [9.17, 15) is 4.39 Å². The predicted octanol–water partition coefficient (Wildman–Crippen LogP) is 5.42. The van der Waals surface area contributed by atoms with E-state index in [1.54, 1.807) is 43.8 Å². The van der Waals surface area contributed by atoms with E-state index >= 15 is 4.39 Å². The zero-order chi connectivity index (χ0) is 22.5. The zero-order valence-electron chi connectivity index (χ0n) is 17.6. The van der Waals surface area contributed by atoms with Crippen LogP contribution in [0.5, 0.6) is 0 Å². The molecule has 1 aromatic heterocycles. The SMILES string of the molecule is COCCc1cnc(-c2ccc3c(F)c(CCc4ccc(C#N)c(F)c4)ccc3c2)nc1. The number of rotatable bonds is 7. The number of aromatic nitrogens is 2. The first-order valence-electron chi connectivity index (χ1n) is 10.3. The van der Waals surface area contributed by atoms with Crippen molar-refractivity contribution in [1.29, 1.82) is 5.26 Å². The summed E-state index contributed by atoms with van der Waals surface area (Å²) in [6, 6.07) is 15.4. The first-order valence-corrected chi connectivity index (χ1v) is 10.3. The summed E-state index contributed by atoms with van der Waals surface area (Å²) in [6.07, 6.45) is 5.22. The topological polar surface area (TPSA) is 58.8 Å². The molecule has 160 valence electrons. The van der Waals surface area contributed by atoms with Crippen LogP contribution in [0, 0.1) is 23.0 Å². The van der Waals surface area contributed by atoms with Crippen LogP contribution in [0.15, 0.2) is 60.9 Å². The van der Waals surface area contributed by atoms with Crippen molar-refractivity contribution in [2.75, 3.05) is 13.7 Å². The number of nitriles is 1. The minimum Gasteiger partial charge on any atom is -0.384 e. The molecule has 0 saturated heterocycles. The largest absolute Gasteiger partial charge is 0.384 e. The van der Waals surface area contributed by atoms with Crippen molar-refractivity contribution in [3.8, 4) is 17.5 Å². The van der Waals surface area contributed by atoms with Gasteiger partial charge in [0.05, 0.1) is 12.2 Å². The summed E-state index contributed by atoms with van der Waals surface area (Å²) in [5.74, 6) is -0.246. The van der Waals surface area contributed by atoms with E-state index in [1.807, 2.05) is 18.2 Å². The van der Waals surface area contributed by atoms with Crippen LogP contribution in [0.4, 0.5) is 8.78 Å². The Bertz CT molecular complexity index is 1300. The lowest BCUT2D eigenvalue weighted by Gasteiger charge is -2.09. The van der Waals surface area contributed by atoms with Crippen LogP contribution in [-0.4, -0.2) is 23.7 Å². The summed E-state index contributed by atoms with van der Waals surface area (Å²) < 4.78 is 34.0. The Kier molecular flexibility index (Phi) is 6.48. The van der Waals surface area contributed by atoms with Crippen LogP contribution >= 0.6 is 0 Å². The Hall–Kier alpha value is -3.69. The molecule has 0 fully saturated rings.